The van der Waals surface area contributed by atoms with E-state index < -0.39 is 10.8 Å². The van der Waals surface area contributed by atoms with Gasteiger partial charge in [0.2, 0.25) is 0 Å². The molecule has 27 heteroatoms. The zero-order valence-electron chi connectivity index (χ0n) is 49.4. The molecule has 3 heterocycles. The molecule has 0 N–H and O–H groups in total. The fourth-order valence-corrected chi connectivity index (χ4v) is 13.3. The van der Waals surface area contributed by atoms with E-state index in [9.17, 15) is 0 Å². The second-order valence-corrected chi connectivity index (χ2v) is 23.0. The number of nitrogens with zero attached hydrogens (tertiary/aromatic N) is 7. The van der Waals surface area contributed by atoms with E-state index in [1.165, 1.54) is 0 Å². The highest BCUT2D eigenvalue weighted by atomic mass is 15.1. The fraction of sp³-hybridized carbons (Fsp3) is 0.0938. The molecule has 8 aromatic carbocycles. The SMILES string of the molecule is [B]c1c([B])c([B])c(-c2nc(-c3c([B])c([B])c([B])c([B])c3[B])nc(C3(C)c4ccccc4C(C4=C(C)C=CCC4)(c4nc(-c5ccc6c7ccccc7n(-c7c([B])c([B])c([B])c([B])c7[B])c6c5)nc(-c5c([B])c([B])c([B])c([B])c5[B])n4)c4ccccc43)n2)c([B])c1[B]. The normalized spacial score (nSPS) is 16.2. The van der Waals surface area contributed by atoms with Crippen LogP contribution in [0.4, 0.5) is 0 Å². The predicted octanol–water partition coefficient (Wildman–Crippen LogP) is -9.63. The van der Waals surface area contributed by atoms with Crippen LogP contribution in [0.3, 0.4) is 0 Å². The molecular weight excluding hydrogens is 1080 g/mol. The zero-order valence-corrected chi connectivity index (χ0v) is 49.4. The maximum atomic E-state index is 7.01. The maximum absolute atomic E-state index is 7.01. The Labute approximate surface area is 555 Å². The Morgan fingerprint density at radius 1 is 0.363 bits per heavy atom. The van der Waals surface area contributed by atoms with E-state index in [-0.39, 0.29) is 161 Å². The van der Waals surface area contributed by atoms with Crippen molar-refractivity contribution in [2.24, 2.45) is 0 Å². The van der Waals surface area contributed by atoms with Crippen LogP contribution in [0.25, 0.3) is 73.0 Å². The molecule has 2 aliphatic carbocycles. The van der Waals surface area contributed by atoms with Gasteiger partial charge in [0.15, 0.2) is 29.1 Å². The first-order chi connectivity index (χ1) is 43.3. The summed E-state index contributed by atoms with van der Waals surface area (Å²) in [6, 6.07) is 29.2. The second kappa shape index (κ2) is 22.6. The minimum Gasteiger partial charge on any atom is -0.310 e. The summed E-state index contributed by atoms with van der Waals surface area (Å²) in [4.78, 5) is 32.1. The van der Waals surface area contributed by atoms with Crippen molar-refractivity contribution >= 4 is 288 Å². The van der Waals surface area contributed by atoms with Crippen LogP contribution >= 0.6 is 0 Å². The van der Waals surface area contributed by atoms with Gasteiger partial charge in [-0.05, 0) is 66.6 Å². The Bertz CT molecular complexity index is 4890. The zero-order chi connectivity index (χ0) is 64.9. The molecule has 0 amide bonds. The molecule has 3 aromatic heterocycles. The first-order valence-electron chi connectivity index (χ1n) is 28.5. The Kier molecular flexibility index (Phi) is 15.4. The summed E-state index contributed by atoms with van der Waals surface area (Å²) in [5, 5.41) is 1.66. The van der Waals surface area contributed by atoms with E-state index in [2.05, 4.69) is 19.1 Å². The third-order valence-electron chi connectivity index (χ3n) is 18.2. The third kappa shape index (κ3) is 8.98. The van der Waals surface area contributed by atoms with Crippen molar-refractivity contribution in [2.75, 3.05) is 0 Å². The highest BCUT2D eigenvalue weighted by Crippen LogP contribution is 2.59. The van der Waals surface area contributed by atoms with Crippen molar-refractivity contribution in [3.05, 3.63) is 148 Å². The van der Waals surface area contributed by atoms with Gasteiger partial charge in [-0.3, -0.25) is 0 Å². The van der Waals surface area contributed by atoms with Crippen LogP contribution in [0.15, 0.2) is 114 Å². The minimum absolute atomic E-state index is 0.00934. The monoisotopic (exact) mass is 1110 g/mol. The molecule has 7 nitrogen and oxygen atoms in total. The van der Waals surface area contributed by atoms with Crippen LogP contribution in [0.1, 0.15) is 60.6 Å². The number of fused-ring (bicyclic) bond motifs is 5. The van der Waals surface area contributed by atoms with Gasteiger partial charge in [-0.1, -0.05) is 140 Å². The first kappa shape index (κ1) is 62.2. The number of hydrogen-bond donors (Lipinski definition) is 0. The third-order valence-corrected chi connectivity index (χ3v) is 18.2. The van der Waals surface area contributed by atoms with Gasteiger partial charge in [-0.2, -0.15) is 0 Å². The molecule has 378 valence electrons. The van der Waals surface area contributed by atoms with Gasteiger partial charge < -0.3 is 4.57 Å². The molecule has 0 unspecified atom stereocenters. The number of aromatic nitrogens is 7. The van der Waals surface area contributed by atoms with Crippen molar-refractivity contribution in [3.8, 4) is 51.2 Å². The molecule has 0 spiro atoms. The number of para-hydroxylation sites is 1. The lowest BCUT2D eigenvalue weighted by atomic mass is 9.53. The highest BCUT2D eigenvalue weighted by Gasteiger charge is 2.55. The van der Waals surface area contributed by atoms with Crippen molar-refractivity contribution < 1.29 is 0 Å². The molecule has 13 rings (SSSR count). The number of benzene rings is 8. The molecule has 0 saturated heterocycles. The lowest BCUT2D eigenvalue weighted by Gasteiger charge is -2.48. The molecule has 0 atom stereocenters. The topological polar surface area (TPSA) is 82.3 Å². The van der Waals surface area contributed by atoms with Gasteiger partial charge in [0.1, 0.15) is 168 Å². The van der Waals surface area contributed by atoms with Crippen molar-refractivity contribution in [1.29, 1.82) is 0 Å². The average molecular weight is 1110 g/mol. The van der Waals surface area contributed by atoms with Crippen LogP contribution < -0.4 is 109 Å². The Morgan fingerprint density at radius 2 is 0.725 bits per heavy atom. The molecule has 0 bridgehead atoms. The summed E-state index contributed by atoms with van der Waals surface area (Å²) in [7, 11) is 133. The Morgan fingerprint density at radius 3 is 1.18 bits per heavy atom. The van der Waals surface area contributed by atoms with Gasteiger partial charge >= 0.3 is 0 Å². The quantitative estimate of drug-likeness (QED) is 0.141. The molecule has 0 saturated carbocycles. The van der Waals surface area contributed by atoms with Crippen LogP contribution in [0.5, 0.6) is 0 Å². The summed E-state index contributed by atoms with van der Waals surface area (Å²) >= 11 is 0. The Hall–Kier alpha value is -7.64. The van der Waals surface area contributed by atoms with E-state index in [1.54, 1.807) is 0 Å². The summed E-state index contributed by atoms with van der Waals surface area (Å²) < 4.78 is 1.89. The van der Waals surface area contributed by atoms with Gasteiger partial charge in [-0.15, -0.1) is 65.6 Å². The molecule has 91 heavy (non-hydrogen) atoms. The highest BCUT2D eigenvalue weighted by molar-refractivity contribution is 6.72. The molecule has 40 radical (unpaired) electrons. The van der Waals surface area contributed by atoms with Crippen LogP contribution in [0, 0.1) is 0 Å². The fourth-order valence-electron chi connectivity index (χ4n) is 13.3. The van der Waals surface area contributed by atoms with E-state index in [4.69, 9.17) is 187 Å². The molecule has 0 aliphatic heterocycles. The van der Waals surface area contributed by atoms with Crippen LogP contribution in [-0.2, 0) is 10.8 Å². The summed E-state index contributed by atoms with van der Waals surface area (Å²) in [5.41, 5.74) is 3.90. The van der Waals surface area contributed by atoms with E-state index in [0.717, 1.165) is 27.4 Å². The summed E-state index contributed by atoms with van der Waals surface area (Å²) in [5.74, 6) is 0.375. The van der Waals surface area contributed by atoms with E-state index >= 15 is 0 Å². The number of rotatable bonds is 8. The molecule has 0 fully saturated rings. The summed E-state index contributed by atoms with van der Waals surface area (Å²) in [6.07, 6.45) is 5.36. The van der Waals surface area contributed by atoms with Gasteiger partial charge in [0, 0.05) is 38.7 Å². The smallest absolute Gasteiger partial charge is 0.163 e. The van der Waals surface area contributed by atoms with Crippen LogP contribution in [-0.4, -0.2) is 191 Å². The lowest BCUT2D eigenvalue weighted by Crippen LogP contribution is -2.56. The second-order valence-electron chi connectivity index (χ2n) is 23.0. The van der Waals surface area contributed by atoms with Crippen molar-refractivity contribution in [3.63, 3.8) is 0 Å². The number of hydrogen-bond acceptors (Lipinski definition) is 6. The van der Waals surface area contributed by atoms with E-state index in [1.807, 2.05) is 102 Å². The minimum atomic E-state index is -1.44. The number of allylic oxidation sites excluding steroid dienone is 4. The standard InChI is InChI=1S/C64H27B20N7/c1-22-11-3-5-13-26(22)64(62-87-57(85-58(90-62)33-36(65)42(71)48(77)43(72)37(33)66)23-19-20-25-24-12-4-10-18-31(24)91(32(25)21-23)56-54(83)52(81)51(80)53(82)55(56)84)29-16-8-6-14-27(29)63(2,28-15-7-9-17-30(28)64)61-88-59(34-38(67)44(73)49(78)45(74)39(34)68)86-60(89-61)35-40(69)46(75)50(79)47(76)41(35)70/h3-4,6-12,14-21H,5,13H2,1-2H3. The average Bonchev–Trinajstić information content (AvgIpc) is 1.21. The molecular formula is C64H27B20N7. The van der Waals surface area contributed by atoms with Crippen molar-refractivity contribution in [2.45, 2.75) is 37.5 Å². The largest absolute Gasteiger partial charge is 0.310 e. The first-order valence-corrected chi connectivity index (χ1v) is 28.5. The lowest BCUT2D eigenvalue weighted by molar-refractivity contribution is 0.526. The van der Waals surface area contributed by atoms with Gasteiger partial charge in [0.25, 0.3) is 0 Å². The van der Waals surface area contributed by atoms with Crippen LogP contribution in [0.2, 0.25) is 0 Å². The van der Waals surface area contributed by atoms with Gasteiger partial charge in [0.05, 0.1) is 16.4 Å². The molecule has 11 aromatic rings. The van der Waals surface area contributed by atoms with Crippen molar-refractivity contribution in [1.82, 2.24) is 34.5 Å². The van der Waals surface area contributed by atoms with E-state index in [0.29, 0.717) is 51.9 Å². The predicted molar refractivity (Wildman–Crippen MR) is 393 cm³/mol. The summed E-state index contributed by atoms with van der Waals surface area (Å²) in [6.45, 7) is 4.03. The Balaban J connectivity index is 1.17. The maximum Gasteiger partial charge on any atom is 0.163 e. The molecule has 2 aliphatic rings. The van der Waals surface area contributed by atoms with Gasteiger partial charge in [-0.25, -0.2) is 29.9 Å².